The van der Waals surface area contributed by atoms with E-state index in [1.807, 2.05) is 23.1 Å². The number of methoxy groups -OCH3 is 1. The van der Waals surface area contributed by atoms with Gasteiger partial charge in [-0.2, -0.15) is 0 Å². The van der Waals surface area contributed by atoms with Gasteiger partial charge >= 0.3 is 0 Å². The zero-order chi connectivity index (χ0) is 27.2. The highest BCUT2D eigenvalue weighted by Gasteiger charge is 2.47. The number of carbonyl (C=O) groups excluding carboxylic acids is 1. The number of fused-ring (bicyclic) bond motifs is 1. The molecule has 1 amide bonds. The SMILES string of the molecule is CCCCN(CCCC)C(=O)CN1CC(c2ccc3c(c2)OCO3)[C@H](c2nnn[nH]2)[C@H]1c1ccc(OC)cc1. The highest BCUT2D eigenvalue weighted by molar-refractivity contribution is 5.78. The minimum Gasteiger partial charge on any atom is -0.497 e. The highest BCUT2D eigenvalue weighted by atomic mass is 16.7. The zero-order valence-corrected chi connectivity index (χ0v) is 23.0. The van der Waals surface area contributed by atoms with Crippen LogP contribution in [0.3, 0.4) is 0 Å². The lowest BCUT2D eigenvalue weighted by atomic mass is 9.82. The first-order chi connectivity index (χ1) is 19.1. The van der Waals surface area contributed by atoms with Crippen LogP contribution in [-0.4, -0.2) is 76.4 Å². The molecule has 3 aromatic rings. The maximum atomic E-state index is 13.8. The quantitative estimate of drug-likeness (QED) is 0.367. The second kappa shape index (κ2) is 12.5. The predicted molar refractivity (Wildman–Crippen MR) is 146 cm³/mol. The second-order valence-corrected chi connectivity index (χ2v) is 10.3. The van der Waals surface area contributed by atoms with E-state index >= 15 is 0 Å². The van der Waals surface area contributed by atoms with Gasteiger partial charge in [-0.1, -0.05) is 44.9 Å². The zero-order valence-electron chi connectivity index (χ0n) is 23.0. The number of hydrogen-bond acceptors (Lipinski definition) is 8. The van der Waals surface area contributed by atoms with E-state index < -0.39 is 0 Å². The largest absolute Gasteiger partial charge is 0.497 e. The van der Waals surface area contributed by atoms with Crippen LogP contribution in [0, 0.1) is 0 Å². The van der Waals surface area contributed by atoms with Crippen LogP contribution < -0.4 is 14.2 Å². The summed E-state index contributed by atoms with van der Waals surface area (Å²) < 4.78 is 16.7. The Bertz CT molecular complexity index is 1210. The minimum absolute atomic E-state index is 0.0221. The van der Waals surface area contributed by atoms with Crippen molar-refractivity contribution < 1.29 is 19.0 Å². The van der Waals surface area contributed by atoms with Crippen molar-refractivity contribution in [1.82, 2.24) is 30.4 Å². The molecular weight excluding hydrogens is 496 g/mol. The molecule has 0 aliphatic carbocycles. The average Bonchev–Trinajstić information content (AvgIpc) is 3.72. The van der Waals surface area contributed by atoms with Gasteiger partial charge in [0.1, 0.15) is 5.75 Å². The molecule has 1 N–H and O–H groups in total. The van der Waals surface area contributed by atoms with E-state index in [1.165, 1.54) is 0 Å². The van der Waals surface area contributed by atoms with Crippen LogP contribution in [0.2, 0.25) is 0 Å². The molecule has 2 aliphatic heterocycles. The van der Waals surface area contributed by atoms with Gasteiger partial charge in [0.2, 0.25) is 12.7 Å². The number of hydrogen-bond donors (Lipinski definition) is 1. The van der Waals surface area contributed by atoms with Gasteiger partial charge in [0.05, 0.1) is 13.7 Å². The van der Waals surface area contributed by atoms with Crippen LogP contribution in [0.1, 0.15) is 74.4 Å². The first-order valence-corrected chi connectivity index (χ1v) is 13.9. The van der Waals surface area contributed by atoms with Crippen molar-refractivity contribution in [1.29, 1.82) is 0 Å². The van der Waals surface area contributed by atoms with Gasteiger partial charge in [-0.3, -0.25) is 9.69 Å². The fourth-order valence-electron chi connectivity index (χ4n) is 5.75. The van der Waals surface area contributed by atoms with E-state index in [2.05, 4.69) is 63.6 Å². The fourth-order valence-corrected chi connectivity index (χ4v) is 5.75. The van der Waals surface area contributed by atoms with E-state index in [0.717, 1.165) is 67.1 Å². The number of ether oxygens (including phenoxy) is 3. The second-order valence-electron chi connectivity index (χ2n) is 10.3. The molecule has 5 rings (SSSR count). The van der Waals surface area contributed by atoms with Crippen LogP contribution in [0.25, 0.3) is 0 Å². The number of likely N-dealkylation sites (tertiary alicyclic amines) is 1. The van der Waals surface area contributed by atoms with Crippen LogP contribution in [0.15, 0.2) is 42.5 Å². The summed E-state index contributed by atoms with van der Waals surface area (Å²) in [5.41, 5.74) is 2.19. The number of amides is 1. The van der Waals surface area contributed by atoms with E-state index in [1.54, 1.807) is 7.11 Å². The number of unbranched alkanes of at least 4 members (excludes halogenated alkanes) is 2. The maximum Gasteiger partial charge on any atom is 0.236 e. The molecule has 1 unspecified atom stereocenters. The molecule has 3 heterocycles. The number of carbonyl (C=O) groups is 1. The third kappa shape index (κ3) is 5.85. The molecule has 1 fully saturated rings. The lowest BCUT2D eigenvalue weighted by Crippen LogP contribution is -2.41. The summed E-state index contributed by atoms with van der Waals surface area (Å²) in [6.07, 6.45) is 4.12. The molecule has 1 saturated heterocycles. The van der Waals surface area contributed by atoms with Gasteiger partial charge in [0, 0.05) is 37.5 Å². The van der Waals surface area contributed by atoms with E-state index in [-0.39, 0.29) is 30.6 Å². The van der Waals surface area contributed by atoms with Crippen molar-refractivity contribution in [2.24, 2.45) is 0 Å². The van der Waals surface area contributed by atoms with E-state index in [9.17, 15) is 4.79 Å². The van der Waals surface area contributed by atoms with Crippen LogP contribution in [0.4, 0.5) is 0 Å². The summed E-state index contributed by atoms with van der Waals surface area (Å²) in [7, 11) is 1.66. The first kappa shape index (κ1) is 26.9. The molecule has 10 nitrogen and oxygen atoms in total. The Balaban J connectivity index is 1.52. The number of nitrogens with one attached hydrogen (secondary N) is 1. The van der Waals surface area contributed by atoms with Crippen LogP contribution in [-0.2, 0) is 4.79 Å². The summed E-state index contributed by atoms with van der Waals surface area (Å²) in [6.45, 7) is 7.11. The monoisotopic (exact) mass is 534 g/mol. The third-order valence-corrected chi connectivity index (χ3v) is 7.81. The lowest BCUT2D eigenvalue weighted by Gasteiger charge is -2.30. The summed E-state index contributed by atoms with van der Waals surface area (Å²) >= 11 is 0. The number of rotatable bonds is 12. The van der Waals surface area contributed by atoms with Crippen molar-refractivity contribution in [2.75, 3.05) is 40.1 Å². The smallest absolute Gasteiger partial charge is 0.236 e. The van der Waals surface area contributed by atoms with E-state index in [0.29, 0.717) is 18.9 Å². The predicted octanol–water partition coefficient (Wildman–Crippen LogP) is 4.29. The highest BCUT2D eigenvalue weighted by Crippen LogP contribution is 2.51. The minimum atomic E-state index is -0.121. The van der Waals surface area contributed by atoms with E-state index in [4.69, 9.17) is 14.2 Å². The Morgan fingerprint density at radius 2 is 1.77 bits per heavy atom. The van der Waals surface area contributed by atoms with Crippen molar-refractivity contribution in [3.05, 3.63) is 59.4 Å². The molecule has 0 saturated carbocycles. The standard InChI is InChI=1S/C29H38N6O4/c1-4-6-14-34(15-7-5-2)26(36)18-35-17-23(21-10-13-24-25(16-21)39-19-38-24)27(29-30-32-33-31-29)28(35)20-8-11-22(37-3)12-9-20/h8-13,16,23,27-28H,4-7,14-15,17-19H2,1-3H3,(H,30,31,32,33)/t23?,27-,28+/m0/s1. The molecule has 208 valence electrons. The van der Waals surface area contributed by atoms with Gasteiger partial charge in [0.25, 0.3) is 0 Å². The number of benzene rings is 2. The molecule has 39 heavy (non-hydrogen) atoms. The van der Waals surface area contributed by atoms with Gasteiger partial charge in [-0.25, -0.2) is 5.10 Å². The summed E-state index contributed by atoms with van der Waals surface area (Å²) in [5, 5.41) is 15.2. The van der Waals surface area contributed by atoms with Gasteiger partial charge in [-0.15, -0.1) is 5.10 Å². The van der Waals surface area contributed by atoms with Gasteiger partial charge in [0.15, 0.2) is 17.3 Å². The summed E-state index contributed by atoms with van der Waals surface area (Å²) in [4.78, 5) is 18.1. The third-order valence-electron chi connectivity index (χ3n) is 7.81. The van der Waals surface area contributed by atoms with Crippen molar-refractivity contribution in [3.63, 3.8) is 0 Å². The molecule has 1 aromatic heterocycles. The Labute approximate surface area is 229 Å². The number of nitrogens with zero attached hydrogens (tertiary/aromatic N) is 5. The molecule has 3 atom stereocenters. The summed E-state index contributed by atoms with van der Waals surface area (Å²) in [6, 6.07) is 14.1. The normalized spacial score (nSPS) is 20.3. The van der Waals surface area contributed by atoms with Gasteiger partial charge < -0.3 is 19.1 Å². The lowest BCUT2D eigenvalue weighted by molar-refractivity contribution is -0.132. The molecule has 0 radical (unpaired) electrons. The summed E-state index contributed by atoms with van der Waals surface area (Å²) in [5.74, 6) is 3.04. The number of H-pyrrole nitrogens is 1. The van der Waals surface area contributed by atoms with Crippen molar-refractivity contribution >= 4 is 5.91 Å². The molecule has 0 bridgehead atoms. The average molecular weight is 535 g/mol. The Hall–Kier alpha value is -3.66. The Morgan fingerprint density at radius 3 is 2.44 bits per heavy atom. The van der Waals surface area contributed by atoms with Gasteiger partial charge in [-0.05, 0) is 58.7 Å². The molecule has 2 aliphatic rings. The molecular formula is C29H38N6O4. The van der Waals surface area contributed by atoms with Crippen molar-refractivity contribution in [2.45, 2.75) is 57.4 Å². The number of aromatic nitrogens is 4. The Kier molecular flexibility index (Phi) is 8.61. The molecule has 2 aromatic carbocycles. The topological polar surface area (TPSA) is 106 Å². The van der Waals surface area contributed by atoms with Crippen LogP contribution in [0.5, 0.6) is 17.2 Å². The van der Waals surface area contributed by atoms with Crippen LogP contribution >= 0.6 is 0 Å². The maximum absolute atomic E-state index is 13.8. The van der Waals surface area contributed by atoms with Crippen molar-refractivity contribution in [3.8, 4) is 17.2 Å². The Morgan fingerprint density at radius 1 is 1.05 bits per heavy atom. The molecule has 0 spiro atoms. The number of aromatic amines is 1. The fraction of sp³-hybridized carbons (Fsp3) is 0.517. The molecule has 10 heteroatoms. The first-order valence-electron chi connectivity index (χ1n) is 13.9. The number of tetrazole rings is 1.